The largest absolute Gasteiger partial charge is 0.271 e. The highest BCUT2D eigenvalue weighted by molar-refractivity contribution is 7.07. The van der Waals surface area contributed by atoms with Crippen molar-refractivity contribution in [3.05, 3.63) is 218 Å². The van der Waals surface area contributed by atoms with E-state index < -0.39 is 12.1 Å². The Morgan fingerprint density at radius 3 is 1.15 bits per heavy atom. The Morgan fingerprint density at radius 2 is 0.788 bits per heavy atom. The molecule has 0 spiro atoms. The van der Waals surface area contributed by atoms with Crippen molar-refractivity contribution < 1.29 is 0 Å². The molecule has 0 bridgehead atoms. The van der Waals surface area contributed by atoms with Crippen molar-refractivity contribution in [1.82, 2.24) is 9.13 Å². The Bertz CT molecular complexity index is 2680. The lowest BCUT2D eigenvalue weighted by Crippen LogP contribution is -2.40. The fourth-order valence-electron chi connectivity index (χ4n) is 6.64. The van der Waals surface area contributed by atoms with Crippen molar-refractivity contribution in [2.24, 2.45) is 20.4 Å². The monoisotopic (exact) mass is 712 g/mol. The maximum atomic E-state index is 14.0. The summed E-state index contributed by atoms with van der Waals surface area (Å²) in [6.45, 7) is 0. The van der Waals surface area contributed by atoms with Crippen LogP contribution in [0, 0.1) is 0 Å². The van der Waals surface area contributed by atoms with Gasteiger partial charge in [-0.3, -0.25) is 18.7 Å². The maximum absolute atomic E-state index is 14.0. The Labute approximate surface area is 305 Å². The normalized spacial score (nSPS) is 17.0. The molecule has 2 aliphatic rings. The number of hydrogen-bond donors (Lipinski definition) is 0. The van der Waals surface area contributed by atoms with Crippen molar-refractivity contribution in [2.75, 3.05) is 0 Å². The van der Waals surface area contributed by atoms with Crippen LogP contribution in [0.25, 0.3) is 12.2 Å². The molecule has 2 aliphatic heterocycles. The fraction of sp³-hybridized carbons (Fsp3) is 0.0476. The van der Waals surface area contributed by atoms with Gasteiger partial charge in [-0.25, -0.2) is 0 Å². The molecule has 250 valence electrons. The van der Waals surface area contributed by atoms with E-state index >= 15 is 0 Å². The lowest BCUT2D eigenvalue weighted by Gasteiger charge is -2.22. The van der Waals surface area contributed by atoms with Gasteiger partial charge in [-0.1, -0.05) is 168 Å². The highest BCUT2D eigenvalue weighted by Gasteiger charge is 2.29. The Balaban J connectivity index is 1.07. The van der Waals surface area contributed by atoms with E-state index in [1.54, 1.807) is 9.13 Å². The third kappa shape index (κ3) is 5.73. The molecule has 2 unspecified atom stereocenters. The van der Waals surface area contributed by atoms with Gasteiger partial charge in [0, 0.05) is 11.1 Å². The van der Waals surface area contributed by atoms with Gasteiger partial charge < -0.3 is 0 Å². The predicted molar refractivity (Wildman–Crippen MR) is 207 cm³/mol. The molecule has 9 rings (SSSR count). The van der Waals surface area contributed by atoms with Crippen LogP contribution in [0.3, 0.4) is 0 Å². The molecule has 2 aromatic heterocycles. The van der Waals surface area contributed by atoms with Gasteiger partial charge >= 0.3 is 0 Å². The zero-order valence-electron chi connectivity index (χ0n) is 27.5. The van der Waals surface area contributed by atoms with Crippen LogP contribution < -0.4 is 29.8 Å². The van der Waals surface area contributed by atoms with Crippen molar-refractivity contribution >= 4 is 46.2 Å². The van der Waals surface area contributed by atoms with Crippen molar-refractivity contribution in [3.8, 4) is 0 Å². The average molecular weight is 713 g/mol. The molecule has 5 aromatic carbocycles. The number of nitrogens with zero attached hydrogens (tertiary/aromatic N) is 6. The molecule has 0 amide bonds. The Hall–Kier alpha value is -6.36. The van der Waals surface area contributed by atoms with Crippen LogP contribution in [0.2, 0.25) is 0 Å². The Kier molecular flexibility index (Phi) is 8.15. The summed E-state index contributed by atoms with van der Waals surface area (Å²) in [6.07, 6.45) is 3.76. The van der Waals surface area contributed by atoms with E-state index in [0.29, 0.717) is 18.7 Å². The van der Waals surface area contributed by atoms with Crippen LogP contribution in [0.1, 0.15) is 45.5 Å². The molecular weight excluding hydrogens is 685 g/mol. The Morgan fingerprint density at radius 1 is 0.442 bits per heavy atom. The quantitative estimate of drug-likeness (QED) is 0.242. The molecule has 7 aromatic rings. The SMILES string of the molecule is O=c1c(=Cc2ccc(C=c3sc4n(c3=O)C(c3ccccc3)C(c3ccccc3)=NN=4)cc2)sc2n1C(c1ccccc1)C(c1ccccc1)=NN=2. The first-order chi connectivity index (χ1) is 25.6. The molecule has 0 aliphatic carbocycles. The van der Waals surface area contributed by atoms with E-state index in [2.05, 4.69) is 20.4 Å². The molecule has 52 heavy (non-hydrogen) atoms. The number of aromatic nitrogens is 2. The number of thiazole rings is 2. The molecule has 0 saturated carbocycles. The predicted octanol–water partition coefficient (Wildman–Crippen LogP) is 5.04. The average Bonchev–Trinajstić information content (AvgIpc) is 3.70. The minimum atomic E-state index is -0.405. The number of rotatable bonds is 6. The highest BCUT2D eigenvalue weighted by atomic mass is 32.1. The lowest BCUT2D eigenvalue weighted by atomic mass is 9.96. The fourth-order valence-corrected chi connectivity index (χ4v) is 8.53. The molecule has 0 N–H and O–H groups in total. The first kappa shape index (κ1) is 31.6. The molecule has 2 atom stereocenters. The molecular formula is C42H28N6O2S2. The van der Waals surface area contributed by atoms with Gasteiger partial charge in [0.25, 0.3) is 11.1 Å². The van der Waals surface area contributed by atoms with E-state index in [-0.39, 0.29) is 11.1 Å². The van der Waals surface area contributed by atoms with Crippen molar-refractivity contribution in [2.45, 2.75) is 12.1 Å². The van der Waals surface area contributed by atoms with Crippen LogP contribution in [0.4, 0.5) is 0 Å². The summed E-state index contributed by atoms with van der Waals surface area (Å²) in [5, 5.41) is 18.2. The third-order valence-electron chi connectivity index (χ3n) is 9.10. The zero-order valence-corrected chi connectivity index (χ0v) is 29.1. The smallest absolute Gasteiger partial charge is 0.268 e. The van der Waals surface area contributed by atoms with Crippen LogP contribution in [-0.2, 0) is 0 Å². The zero-order chi connectivity index (χ0) is 35.0. The summed E-state index contributed by atoms with van der Waals surface area (Å²) < 4.78 is 4.62. The van der Waals surface area contributed by atoms with E-state index in [4.69, 9.17) is 0 Å². The van der Waals surface area contributed by atoms with Crippen molar-refractivity contribution in [3.63, 3.8) is 0 Å². The molecule has 4 heterocycles. The molecule has 0 radical (unpaired) electrons. The summed E-state index contributed by atoms with van der Waals surface area (Å²) in [6, 6.07) is 46.6. The minimum absolute atomic E-state index is 0.123. The van der Waals surface area contributed by atoms with Gasteiger partial charge in [-0.15, -0.1) is 20.4 Å². The first-order valence-electron chi connectivity index (χ1n) is 16.7. The van der Waals surface area contributed by atoms with E-state index in [1.807, 2.05) is 158 Å². The summed E-state index contributed by atoms with van der Waals surface area (Å²) in [5.74, 6) is 0. The van der Waals surface area contributed by atoms with Crippen LogP contribution >= 0.6 is 22.7 Å². The first-order valence-corrected chi connectivity index (χ1v) is 18.3. The van der Waals surface area contributed by atoms with E-state index in [0.717, 1.165) is 44.8 Å². The van der Waals surface area contributed by atoms with Crippen LogP contribution in [0.5, 0.6) is 0 Å². The molecule has 8 nitrogen and oxygen atoms in total. The number of benzene rings is 5. The van der Waals surface area contributed by atoms with Crippen LogP contribution in [0.15, 0.2) is 176 Å². The van der Waals surface area contributed by atoms with Gasteiger partial charge in [-0.2, -0.15) is 0 Å². The second-order valence-corrected chi connectivity index (χ2v) is 14.4. The van der Waals surface area contributed by atoms with Gasteiger partial charge in [-0.05, 0) is 34.4 Å². The maximum Gasteiger partial charge on any atom is 0.271 e. The van der Waals surface area contributed by atoms with E-state index in [1.165, 1.54) is 22.7 Å². The molecule has 0 saturated heterocycles. The topological polar surface area (TPSA) is 93.4 Å². The van der Waals surface area contributed by atoms with Gasteiger partial charge in [0.15, 0.2) is 0 Å². The van der Waals surface area contributed by atoms with Gasteiger partial charge in [0.2, 0.25) is 9.60 Å². The lowest BCUT2D eigenvalue weighted by molar-refractivity contribution is 0.657. The second-order valence-electron chi connectivity index (χ2n) is 12.3. The minimum Gasteiger partial charge on any atom is -0.268 e. The van der Waals surface area contributed by atoms with Gasteiger partial charge in [0.05, 0.1) is 20.5 Å². The summed E-state index contributed by atoms with van der Waals surface area (Å²) in [4.78, 5) is 29.2. The summed E-state index contributed by atoms with van der Waals surface area (Å²) in [7, 11) is 0. The second kappa shape index (κ2) is 13.4. The standard InChI is InChI=1S/C42H28N6O2S2/c49-39-33(51-41-45-43-35(29-13-5-1-6-14-29)37(47(39)41)31-17-9-3-10-18-31)25-27-21-23-28(24-22-27)26-34-40(50)48-38(32-19-11-4-12-20-32)36(44-46-42(48)52-34)30-15-7-2-8-16-30/h1-26,37-38H. The molecule has 0 fully saturated rings. The summed E-state index contributed by atoms with van der Waals surface area (Å²) >= 11 is 2.65. The molecule has 10 heteroatoms. The van der Waals surface area contributed by atoms with Crippen molar-refractivity contribution in [1.29, 1.82) is 0 Å². The highest BCUT2D eigenvalue weighted by Crippen LogP contribution is 2.25. The summed E-state index contributed by atoms with van der Waals surface area (Å²) in [5.41, 5.74) is 6.68. The third-order valence-corrected chi connectivity index (χ3v) is 11.0. The number of hydrogen-bond acceptors (Lipinski definition) is 8. The van der Waals surface area contributed by atoms with E-state index in [9.17, 15) is 9.59 Å². The number of fused-ring (bicyclic) bond motifs is 2. The van der Waals surface area contributed by atoms with Gasteiger partial charge in [0.1, 0.15) is 12.1 Å². The van der Waals surface area contributed by atoms with Crippen LogP contribution in [-0.4, -0.2) is 20.6 Å².